The van der Waals surface area contributed by atoms with E-state index in [4.69, 9.17) is 23.2 Å². The fraction of sp³-hybridized carbons (Fsp3) is 0.333. The van der Waals surface area contributed by atoms with Crippen LogP contribution in [0.25, 0.3) is 0 Å². The van der Waals surface area contributed by atoms with E-state index in [1.807, 2.05) is 0 Å². The lowest BCUT2D eigenvalue weighted by atomic mass is 9.68. The first kappa shape index (κ1) is 18.1. The van der Waals surface area contributed by atoms with E-state index >= 15 is 4.39 Å². The third-order valence-electron chi connectivity index (χ3n) is 6.31. The van der Waals surface area contributed by atoms with Gasteiger partial charge in [0.05, 0.1) is 5.02 Å². The lowest BCUT2D eigenvalue weighted by Crippen LogP contribution is -2.49. The van der Waals surface area contributed by atoms with Crippen LogP contribution in [0.1, 0.15) is 36.3 Å². The fourth-order valence-electron chi connectivity index (χ4n) is 5.24. The summed E-state index contributed by atoms with van der Waals surface area (Å²) in [4.78, 5) is 26.2. The number of ketones is 1. The van der Waals surface area contributed by atoms with Gasteiger partial charge in [-0.1, -0.05) is 41.4 Å². The third kappa shape index (κ3) is 2.33. The van der Waals surface area contributed by atoms with Crippen molar-refractivity contribution in [3.05, 3.63) is 63.4 Å². The molecule has 4 atom stereocenters. The molecule has 1 amide bonds. The van der Waals surface area contributed by atoms with Crippen LogP contribution in [0, 0.1) is 11.7 Å². The van der Waals surface area contributed by atoms with Crippen LogP contribution < -0.4 is 10.6 Å². The summed E-state index contributed by atoms with van der Waals surface area (Å²) in [6.45, 7) is 0. The molecule has 0 radical (unpaired) electrons. The standard InChI is InChI=1S/C21H17Cl2FN2O2/c22-10-7-8-12-15(9-10)25-20(28)21(12)18(11-3-1-4-13(23)19(11)24)17-14(26-21)5-2-6-16(17)27/h1,3-4,7-9,14,17-18,26H,2,5-6H2,(H,25,28)/t14-,17-,18-,21-/m1/s1. The highest BCUT2D eigenvalue weighted by Crippen LogP contribution is 2.56. The predicted molar refractivity (Wildman–Crippen MR) is 105 cm³/mol. The molecule has 5 rings (SSSR count). The van der Waals surface area contributed by atoms with Gasteiger partial charge in [0.25, 0.3) is 0 Å². The molecule has 2 heterocycles. The number of hydrogen-bond acceptors (Lipinski definition) is 3. The third-order valence-corrected chi connectivity index (χ3v) is 6.84. The van der Waals surface area contributed by atoms with Gasteiger partial charge in [-0.15, -0.1) is 0 Å². The van der Waals surface area contributed by atoms with Crippen molar-refractivity contribution >= 4 is 40.6 Å². The zero-order chi connectivity index (χ0) is 19.6. The quantitative estimate of drug-likeness (QED) is 0.720. The van der Waals surface area contributed by atoms with E-state index in [-0.39, 0.29) is 22.8 Å². The van der Waals surface area contributed by atoms with Crippen LogP contribution in [0.2, 0.25) is 10.0 Å². The van der Waals surface area contributed by atoms with Gasteiger partial charge >= 0.3 is 0 Å². The SMILES string of the molecule is O=C1CCC[C@H]2N[C@@]3(C(=O)Nc4cc(Cl)ccc43)[C@H](c3cccc(Cl)c3F)[C@@H]12. The molecule has 2 aliphatic heterocycles. The maximum absolute atomic E-state index is 15.1. The number of fused-ring (bicyclic) bond motifs is 3. The van der Waals surface area contributed by atoms with Crippen LogP contribution in [0.4, 0.5) is 10.1 Å². The van der Waals surface area contributed by atoms with Crippen molar-refractivity contribution in [1.82, 2.24) is 5.32 Å². The maximum atomic E-state index is 15.1. The number of halogens is 3. The number of amides is 1. The molecule has 1 spiro atoms. The number of carbonyl (C=O) groups is 2. The highest BCUT2D eigenvalue weighted by Gasteiger charge is 2.64. The zero-order valence-corrected chi connectivity index (χ0v) is 16.3. The molecule has 2 fully saturated rings. The van der Waals surface area contributed by atoms with Gasteiger partial charge in [0.15, 0.2) is 0 Å². The van der Waals surface area contributed by atoms with Crippen LogP contribution in [0.15, 0.2) is 36.4 Å². The molecule has 0 bridgehead atoms. The molecule has 144 valence electrons. The second-order valence-corrected chi connectivity index (χ2v) is 8.55. The summed E-state index contributed by atoms with van der Waals surface area (Å²) in [7, 11) is 0. The normalized spacial score (nSPS) is 31.0. The van der Waals surface area contributed by atoms with Gasteiger partial charge in [0.2, 0.25) is 5.91 Å². The van der Waals surface area contributed by atoms with E-state index in [0.717, 1.165) is 12.8 Å². The molecule has 1 aliphatic carbocycles. The van der Waals surface area contributed by atoms with E-state index < -0.39 is 23.2 Å². The monoisotopic (exact) mass is 418 g/mol. The Balaban J connectivity index is 1.78. The van der Waals surface area contributed by atoms with Crippen LogP contribution in [0.5, 0.6) is 0 Å². The Hall–Kier alpha value is -1.95. The summed E-state index contributed by atoms with van der Waals surface area (Å²) in [5.41, 5.74) is 0.332. The lowest BCUT2D eigenvalue weighted by Gasteiger charge is -2.32. The Labute approximate surface area is 171 Å². The van der Waals surface area contributed by atoms with Gasteiger partial charge in [-0.3, -0.25) is 14.9 Å². The average Bonchev–Trinajstić information content (AvgIpc) is 3.14. The summed E-state index contributed by atoms with van der Waals surface area (Å²) < 4.78 is 15.1. The van der Waals surface area contributed by atoms with Crippen molar-refractivity contribution in [2.75, 3.05) is 5.32 Å². The first-order valence-electron chi connectivity index (χ1n) is 9.29. The molecule has 2 aromatic carbocycles. The summed E-state index contributed by atoms with van der Waals surface area (Å²) in [6, 6.07) is 9.72. The molecule has 2 N–H and O–H groups in total. The Morgan fingerprint density at radius 2 is 1.96 bits per heavy atom. The Morgan fingerprint density at radius 3 is 2.79 bits per heavy atom. The van der Waals surface area contributed by atoms with Gasteiger partial charge in [-0.2, -0.15) is 0 Å². The van der Waals surface area contributed by atoms with Crippen molar-refractivity contribution < 1.29 is 14.0 Å². The second-order valence-electron chi connectivity index (χ2n) is 7.71. The fourth-order valence-corrected chi connectivity index (χ4v) is 5.60. The van der Waals surface area contributed by atoms with Gasteiger partial charge in [-0.05, 0) is 36.6 Å². The number of benzene rings is 2. The van der Waals surface area contributed by atoms with Gasteiger partial charge in [0, 0.05) is 40.6 Å². The number of Topliss-reactive ketones (excluding diaryl/α,β-unsaturated/α-hetero) is 1. The van der Waals surface area contributed by atoms with Gasteiger partial charge < -0.3 is 5.32 Å². The molecule has 28 heavy (non-hydrogen) atoms. The number of carbonyl (C=O) groups excluding carboxylic acids is 2. The van der Waals surface area contributed by atoms with Gasteiger partial charge in [-0.25, -0.2) is 4.39 Å². The Bertz CT molecular complexity index is 1030. The number of anilines is 1. The molecular weight excluding hydrogens is 402 g/mol. The molecule has 0 unspecified atom stereocenters. The van der Waals surface area contributed by atoms with Crippen LogP contribution >= 0.6 is 23.2 Å². The highest BCUT2D eigenvalue weighted by atomic mass is 35.5. The lowest BCUT2D eigenvalue weighted by molar-refractivity contribution is -0.125. The number of rotatable bonds is 1. The first-order chi connectivity index (χ1) is 13.4. The van der Waals surface area contributed by atoms with Crippen LogP contribution in [0.3, 0.4) is 0 Å². The minimum atomic E-state index is -1.24. The van der Waals surface area contributed by atoms with Crippen molar-refractivity contribution in [3.63, 3.8) is 0 Å². The first-order valence-corrected chi connectivity index (χ1v) is 10.0. The largest absolute Gasteiger partial charge is 0.324 e. The van der Waals surface area contributed by atoms with E-state index in [0.29, 0.717) is 28.3 Å². The minimum Gasteiger partial charge on any atom is -0.324 e. The number of hydrogen-bond donors (Lipinski definition) is 2. The molecule has 7 heteroatoms. The van der Waals surface area contributed by atoms with Crippen molar-refractivity contribution in [2.24, 2.45) is 5.92 Å². The van der Waals surface area contributed by atoms with E-state index in [1.54, 1.807) is 30.3 Å². The summed E-state index contributed by atoms with van der Waals surface area (Å²) >= 11 is 12.2. The zero-order valence-electron chi connectivity index (χ0n) is 14.8. The summed E-state index contributed by atoms with van der Waals surface area (Å²) in [5.74, 6) is -2.00. The van der Waals surface area contributed by atoms with Crippen LogP contribution in [-0.2, 0) is 15.1 Å². The topological polar surface area (TPSA) is 58.2 Å². The smallest absolute Gasteiger partial charge is 0.250 e. The molecule has 3 aliphatic rings. The van der Waals surface area contributed by atoms with Crippen LogP contribution in [-0.4, -0.2) is 17.7 Å². The predicted octanol–water partition coefficient (Wildman–Crippen LogP) is 4.40. The van der Waals surface area contributed by atoms with Gasteiger partial charge in [0.1, 0.15) is 17.1 Å². The summed E-state index contributed by atoms with van der Waals surface area (Å²) in [5, 5.41) is 6.78. The molecule has 1 saturated carbocycles. The van der Waals surface area contributed by atoms with E-state index in [2.05, 4.69) is 10.6 Å². The van der Waals surface area contributed by atoms with E-state index in [1.165, 1.54) is 6.07 Å². The highest BCUT2D eigenvalue weighted by molar-refractivity contribution is 6.31. The maximum Gasteiger partial charge on any atom is 0.250 e. The van der Waals surface area contributed by atoms with E-state index in [9.17, 15) is 9.59 Å². The average molecular weight is 419 g/mol. The second kappa shape index (κ2) is 6.28. The van der Waals surface area contributed by atoms with Crippen molar-refractivity contribution in [1.29, 1.82) is 0 Å². The Kier molecular flexibility index (Phi) is 4.06. The number of nitrogens with one attached hydrogen (secondary N) is 2. The molecule has 0 aromatic heterocycles. The molecule has 2 aromatic rings. The van der Waals surface area contributed by atoms with Crippen molar-refractivity contribution in [2.45, 2.75) is 36.8 Å². The Morgan fingerprint density at radius 1 is 1.14 bits per heavy atom. The molecular formula is C21H17Cl2FN2O2. The van der Waals surface area contributed by atoms with Crippen molar-refractivity contribution in [3.8, 4) is 0 Å². The minimum absolute atomic E-state index is 0.0194. The summed E-state index contributed by atoms with van der Waals surface area (Å²) in [6.07, 6.45) is 1.95. The molecule has 4 nitrogen and oxygen atoms in total. The molecule has 1 saturated heterocycles.